The summed E-state index contributed by atoms with van der Waals surface area (Å²) in [5.74, 6) is 3.61. The number of hydrogen-bond acceptors (Lipinski definition) is 2. The van der Waals surface area contributed by atoms with E-state index in [2.05, 4.69) is 38.1 Å². The van der Waals surface area contributed by atoms with E-state index in [-0.39, 0.29) is 10.8 Å². The predicted octanol–water partition coefficient (Wildman–Crippen LogP) is 6.69. The molecule has 6 atom stereocenters. The van der Waals surface area contributed by atoms with E-state index in [9.17, 15) is 9.59 Å². The molecule has 0 spiro atoms. The van der Waals surface area contributed by atoms with Crippen LogP contribution in [0.5, 0.6) is 0 Å². The molecule has 0 N–H and O–H groups in total. The third-order valence-electron chi connectivity index (χ3n) is 9.94. The van der Waals surface area contributed by atoms with Crippen molar-refractivity contribution in [3.8, 4) is 0 Å². The van der Waals surface area contributed by atoms with E-state index in [1.807, 2.05) is 6.08 Å². The SMILES string of the molecule is C[C@]12CC[C@@H]3[C@@H](CCC4=CC(=O)CC(CCc5ccc(CCl)cc5)[C@@]43C)[C@@H]1CCC2=O. The highest BCUT2D eigenvalue weighted by Gasteiger charge is 2.60. The summed E-state index contributed by atoms with van der Waals surface area (Å²) in [7, 11) is 0. The Labute approximate surface area is 191 Å². The Morgan fingerprint density at radius 2 is 1.71 bits per heavy atom. The Kier molecular flexibility index (Phi) is 5.44. The molecule has 166 valence electrons. The number of halogens is 1. The number of hydrogen-bond donors (Lipinski definition) is 0. The fraction of sp³-hybridized carbons (Fsp3) is 0.643. The Hall–Kier alpha value is -1.41. The largest absolute Gasteiger partial charge is 0.299 e. The fourth-order valence-corrected chi connectivity index (χ4v) is 8.25. The summed E-state index contributed by atoms with van der Waals surface area (Å²) in [6.45, 7) is 4.73. The highest BCUT2D eigenvalue weighted by molar-refractivity contribution is 6.17. The summed E-state index contributed by atoms with van der Waals surface area (Å²) in [4.78, 5) is 25.4. The first-order valence-electron chi connectivity index (χ1n) is 12.3. The van der Waals surface area contributed by atoms with Crippen LogP contribution in [0, 0.1) is 34.5 Å². The van der Waals surface area contributed by atoms with E-state index in [0.717, 1.165) is 50.5 Å². The smallest absolute Gasteiger partial charge is 0.155 e. The lowest BCUT2D eigenvalue weighted by molar-refractivity contribution is -0.134. The maximum absolute atomic E-state index is 12.7. The number of carbonyl (C=O) groups is 2. The molecule has 2 nitrogen and oxygen atoms in total. The number of allylic oxidation sites excluding steroid dienone is 1. The molecule has 0 aromatic heterocycles. The molecule has 0 radical (unpaired) electrons. The van der Waals surface area contributed by atoms with Crippen molar-refractivity contribution in [3.63, 3.8) is 0 Å². The van der Waals surface area contributed by atoms with Crippen LogP contribution >= 0.6 is 11.6 Å². The quantitative estimate of drug-likeness (QED) is 0.491. The van der Waals surface area contributed by atoms with Crippen molar-refractivity contribution in [2.75, 3.05) is 0 Å². The molecule has 1 aromatic carbocycles. The average Bonchev–Trinajstić information content (AvgIpc) is 3.07. The molecule has 1 unspecified atom stereocenters. The van der Waals surface area contributed by atoms with Gasteiger partial charge in [-0.2, -0.15) is 0 Å². The van der Waals surface area contributed by atoms with E-state index < -0.39 is 0 Å². The van der Waals surface area contributed by atoms with Gasteiger partial charge in [-0.25, -0.2) is 0 Å². The van der Waals surface area contributed by atoms with Gasteiger partial charge >= 0.3 is 0 Å². The number of benzene rings is 1. The van der Waals surface area contributed by atoms with Gasteiger partial charge in [0.05, 0.1) is 0 Å². The molecule has 3 heteroatoms. The minimum Gasteiger partial charge on any atom is -0.299 e. The van der Waals surface area contributed by atoms with Crippen molar-refractivity contribution < 1.29 is 9.59 Å². The van der Waals surface area contributed by atoms with Gasteiger partial charge < -0.3 is 0 Å². The Balaban J connectivity index is 1.41. The van der Waals surface area contributed by atoms with Gasteiger partial charge in [-0.1, -0.05) is 43.7 Å². The molecule has 0 amide bonds. The first-order chi connectivity index (χ1) is 14.9. The van der Waals surface area contributed by atoms with Crippen LogP contribution < -0.4 is 0 Å². The molecule has 0 saturated heterocycles. The summed E-state index contributed by atoms with van der Waals surface area (Å²) in [6.07, 6.45) is 11.0. The highest BCUT2D eigenvalue weighted by Crippen LogP contribution is 2.65. The second-order valence-electron chi connectivity index (χ2n) is 11.1. The minimum absolute atomic E-state index is 0.0805. The molecule has 1 aromatic rings. The zero-order valence-corrected chi connectivity index (χ0v) is 19.7. The van der Waals surface area contributed by atoms with Crippen LogP contribution in [-0.2, 0) is 21.9 Å². The molecule has 4 aliphatic carbocycles. The molecule has 0 aliphatic heterocycles. The summed E-state index contributed by atoms with van der Waals surface area (Å²) in [6, 6.07) is 8.64. The van der Waals surface area contributed by atoms with Gasteiger partial charge in [0.15, 0.2) is 5.78 Å². The van der Waals surface area contributed by atoms with Crippen LogP contribution in [0.1, 0.15) is 76.3 Å². The maximum Gasteiger partial charge on any atom is 0.155 e. The van der Waals surface area contributed by atoms with Crippen molar-refractivity contribution in [3.05, 3.63) is 47.0 Å². The van der Waals surface area contributed by atoms with Gasteiger partial charge in [0.2, 0.25) is 0 Å². The number of aryl methyl sites for hydroxylation is 1. The monoisotopic (exact) mass is 438 g/mol. The zero-order valence-electron chi connectivity index (χ0n) is 19.0. The number of alkyl halides is 1. The maximum atomic E-state index is 12.7. The van der Waals surface area contributed by atoms with Crippen LogP contribution in [0.2, 0.25) is 0 Å². The zero-order chi connectivity index (χ0) is 21.8. The standard InChI is InChI=1S/C28H35ClO2/c1-27-14-13-25-23(24(27)11-12-26(27)31)10-9-21-16-22(30)15-20(28(21,25)2)8-7-18-3-5-19(17-29)6-4-18/h3-6,16,20,23-25H,7-15,17H2,1-2H3/t20?,23-,24-,25+,27-,28-/m0/s1. The lowest BCUT2D eigenvalue weighted by atomic mass is 9.45. The van der Waals surface area contributed by atoms with Gasteiger partial charge in [0.1, 0.15) is 5.78 Å². The molecule has 0 bridgehead atoms. The molecule has 31 heavy (non-hydrogen) atoms. The second kappa shape index (κ2) is 7.87. The number of rotatable bonds is 4. The molecular formula is C28H35ClO2. The first-order valence-corrected chi connectivity index (χ1v) is 12.8. The van der Waals surface area contributed by atoms with Gasteiger partial charge in [-0.3, -0.25) is 9.59 Å². The van der Waals surface area contributed by atoms with E-state index in [0.29, 0.717) is 47.5 Å². The van der Waals surface area contributed by atoms with Gasteiger partial charge in [0, 0.05) is 24.1 Å². The predicted molar refractivity (Wildman–Crippen MR) is 125 cm³/mol. The van der Waals surface area contributed by atoms with Gasteiger partial charge in [-0.15, -0.1) is 11.6 Å². The van der Waals surface area contributed by atoms with E-state index in [4.69, 9.17) is 11.6 Å². The topological polar surface area (TPSA) is 34.1 Å². The van der Waals surface area contributed by atoms with Gasteiger partial charge in [-0.05, 0) is 91.2 Å². The van der Waals surface area contributed by atoms with Crippen LogP contribution in [0.15, 0.2) is 35.9 Å². The van der Waals surface area contributed by atoms with Crippen molar-refractivity contribution >= 4 is 23.2 Å². The van der Waals surface area contributed by atoms with Crippen molar-refractivity contribution in [1.82, 2.24) is 0 Å². The van der Waals surface area contributed by atoms with Crippen LogP contribution in [-0.4, -0.2) is 11.6 Å². The molecule has 3 fully saturated rings. The Morgan fingerprint density at radius 3 is 2.45 bits per heavy atom. The van der Waals surface area contributed by atoms with Crippen molar-refractivity contribution in [2.45, 2.75) is 77.5 Å². The molecule has 0 heterocycles. The minimum atomic E-state index is -0.0805. The summed E-state index contributed by atoms with van der Waals surface area (Å²) in [5.41, 5.74) is 3.94. The van der Waals surface area contributed by atoms with Crippen LogP contribution in [0.25, 0.3) is 0 Å². The lowest BCUT2D eigenvalue weighted by Crippen LogP contribution is -2.53. The number of ketones is 2. The Morgan fingerprint density at radius 1 is 0.968 bits per heavy atom. The van der Waals surface area contributed by atoms with E-state index >= 15 is 0 Å². The van der Waals surface area contributed by atoms with E-state index in [1.165, 1.54) is 17.6 Å². The fourth-order valence-electron chi connectivity index (χ4n) is 8.07. The summed E-state index contributed by atoms with van der Waals surface area (Å²) >= 11 is 5.95. The summed E-state index contributed by atoms with van der Waals surface area (Å²) in [5, 5.41) is 0. The molecule has 5 rings (SSSR count). The van der Waals surface area contributed by atoms with Crippen LogP contribution in [0.3, 0.4) is 0 Å². The van der Waals surface area contributed by atoms with Crippen molar-refractivity contribution in [2.24, 2.45) is 34.5 Å². The third kappa shape index (κ3) is 3.36. The van der Waals surface area contributed by atoms with Crippen LogP contribution in [0.4, 0.5) is 0 Å². The normalized spacial score (nSPS) is 39.5. The summed E-state index contributed by atoms with van der Waals surface area (Å²) < 4.78 is 0. The highest BCUT2D eigenvalue weighted by atomic mass is 35.5. The first kappa shape index (κ1) is 21.4. The van der Waals surface area contributed by atoms with Gasteiger partial charge in [0.25, 0.3) is 0 Å². The Bertz CT molecular complexity index is 915. The average molecular weight is 439 g/mol. The molecular weight excluding hydrogens is 404 g/mol. The second-order valence-corrected chi connectivity index (χ2v) is 11.4. The third-order valence-corrected chi connectivity index (χ3v) is 10.3. The number of fused-ring (bicyclic) bond motifs is 5. The lowest BCUT2D eigenvalue weighted by Gasteiger charge is -2.59. The van der Waals surface area contributed by atoms with E-state index in [1.54, 1.807) is 0 Å². The number of Topliss-reactive ketones (excluding diaryl/α,β-unsaturated/α-hetero) is 1. The molecule has 3 saturated carbocycles. The molecule has 4 aliphatic rings. The van der Waals surface area contributed by atoms with Crippen molar-refractivity contribution in [1.29, 1.82) is 0 Å². The number of carbonyl (C=O) groups excluding carboxylic acids is 2.